The fraction of sp³-hybridized carbons (Fsp3) is 0.0551. The Morgan fingerprint density at radius 2 is 0.619 bits per heavy atom. The SMILES string of the molecule is C=C(C)c1cc2ccccc2c2c1sc1ccc3ccccc3c12.C=Cc1ccc(-c2cc3ccccc3c3c2sc2ccc4ccccc4c23)c(C(C)CC)c1.C=Cc1ccc(-c2cc3ccccc3c3c2sc2ccc4ccccc4c23)c(C)c1.C=Cc1ccc(-c2cc3ccccc3c3c2sc2ccc4ccccc4c23)cc1.C=Cn1c2ccccc2c2ccccc21.C[N]=[V]. The Kier molecular flexibility index (Phi) is 23.7. The number of allylic oxidation sites excluding steroid dienone is 1. The first kappa shape index (κ1) is 86.2. The van der Waals surface area contributed by atoms with Crippen LogP contribution < -0.4 is 0 Å². The van der Waals surface area contributed by atoms with E-state index in [0.29, 0.717) is 5.92 Å². The molecule has 0 bridgehead atoms. The Labute approximate surface area is 805 Å². The van der Waals surface area contributed by atoms with E-state index < -0.39 is 0 Å². The maximum absolute atomic E-state index is 4.22. The summed E-state index contributed by atoms with van der Waals surface area (Å²) in [7, 11) is 1.72. The van der Waals surface area contributed by atoms with Crippen molar-refractivity contribution in [3.05, 3.63) is 442 Å². The summed E-state index contributed by atoms with van der Waals surface area (Å²) in [4.78, 5) is 0. The molecule has 1 unspecified atom stereocenters. The fourth-order valence-electron chi connectivity index (χ4n) is 20.1. The molecule has 0 saturated carbocycles. The Hall–Kier alpha value is -14.5. The van der Waals surface area contributed by atoms with Gasteiger partial charge in [0.15, 0.2) is 0 Å². The van der Waals surface area contributed by atoms with Crippen LogP contribution in [0.1, 0.15) is 66.5 Å². The molecule has 21 aromatic carbocycles. The van der Waals surface area contributed by atoms with Crippen LogP contribution in [0.2, 0.25) is 0 Å². The number of aromatic nitrogens is 1. The number of benzene rings is 21. The summed E-state index contributed by atoms with van der Waals surface area (Å²) in [5.74, 6) is 0.483. The molecule has 0 spiro atoms. The van der Waals surface area contributed by atoms with E-state index in [2.05, 4.69) is 462 Å². The van der Waals surface area contributed by atoms with Crippen molar-refractivity contribution in [3.8, 4) is 33.4 Å². The van der Waals surface area contributed by atoms with Gasteiger partial charge in [0.25, 0.3) is 0 Å². The Balaban J connectivity index is 0.000000101. The molecular weight excluding hydrogens is 1730 g/mol. The van der Waals surface area contributed by atoms with Gasteiger partial charge in [0.05, 0.1) is 11.0 Å². The number of fused-ring (bicyclic) bond motifs is 31. The average Bonchev–Trinajstić information content (AvgIpc) is 1.55. The summed E-state index contributed by atoms with van der Waals surface area (Å²) in [6.07, 6.45) is 8.74. The van der Waals surface area contributed by atoms with Crippen LogP contribution in [-0.2, 0) is 17.2 Å². The average molecular weight is 1830 g/mol. The second-order valence-electron chi connectivity index (χ2n) is 34.5. The normalized spacial score (nSPS) is 11.6. The van der Waals surface area contributed by atoms with E-state index in [1.165, 1.54) is 244 Å². The van der Waals surface area contributed by atoms with Gasteiger partial charge in [-0.05, 0) is 229 Å². The van der Waals surface area contributed by atoms with Crippen molar-refractivity contribution in [2.24, 2.45) is 3.79 Å². The minimum atomic E-state index is 0.483. The van der Waals surface area contributed by atoms with Gasteiger partial charge in [0.1, 0.15) is 0 Å². The first-order chi connectivity index (χ1) is 65.8. The molecule has 26 rings (SSSR count). The van der Waals surface area contributed by atoms with Crippen LogP contribution in [0, 0.1) is 6.92 Å². The van der Waals surface area contributed by atoms with Crippen molar-refractivity contribution in [2.45, 2.75) is 40.0 Å². The van der Waals surface area contributed by atoms with Crippen molar-refractivity contribution < 1.29 is 17.2 Å². The molecule has 5 heterocycles. The number of aryl methyl sites for hydroxylation is 1. The van der Waals surface area contributed by atoms with Gasteiger partial charge >= 0.3 is 28.1 Å². The molecule has 0 fully saturated rings. The predicted molar refractivity (Wildman–Crippen MR) is 596 cm³/mol. The van der Waals surface area contributed by atoms with E-state index >= 15 is 0 Å². The molecule has 0 N–H and O–H groups in total. The molecule has 0 aliphatic carbocycles. The number of rotatable bonds is 10. The van der Waals surface area contributed by atoms with E-state index in [9.17, 15) is 0 Å². The van der Waals surface area contributed by atoms with E-state index in [1.807, 2.05) is 69.8 Å². The molecular formula is C127H94N2S4V. The number of hydrogen-bond donors (Lipinski definition) is 0. The van der Waals surface area contributed by atoms with Gasteiger partial charge in [-0.2, -0.15) is 0 Å². The standard InChI is InChI=1S/C32H26S.C29H20S.C28H18S.C23H16S.C14H11N.CH3N.V/c1-4-20(3)27-18-21(5-2)14-16-26(27)28-19-23-11-7-9-13-25(23)31-30-24-12-8-6-10-22(24)15-17-29(30)33-32(28)31;1-3-19-12-14-22(18(2)16-19)25-17-21-9-5-7-11-24(21)28-27-23-10-6-4-8-20(23)13-15-26(27)30-29(25)28;1-2-18-11-13-20(14-12-18)24-17-21-8-4-6-10-23(21)27-26-22-9-5-3-7-19(22)15-16-25(26)29-28(24)27;1-14(2)19-13-16-8-4-6-10-18(16)22-21-17-9-5-3-7-15(17)11-12-20(21)24-23(19)22;1-2-15-13-9-5-3-7-11(13)12-8-4-6-10-14(12)15;1-2;/h5-20H,2,4H2,1,3H3;3-17H,1H2,2H3;2-17H,1H2;3-13H,1H2,2H3;2-10H,1H2;1H3;. The van der Waals surface area contributed by atoms with Gasteiger partial charge in [-0.3, -0.25) is 0 Å². The van der Waals surface area contributed by atoms with Gasteiger partial charge in [-0.25, -0.2) is 0 Å². The number of nitrogens with zero attached hydrogens (tertiary/aromatic N) is 2. The van der Waals surface area contributed by atoms with Crippen LogP contribution in [0.3, 0.4) is 0 Å². The Morgan fingerprint density at radius 3 is 0.985 bits per heavy atom. The molecule has 0 aliphatic rings. The molecule has 5 aromatic heterocycles. The molecule has 26 aromatic rings. The second kappa shape index (κ2) is 36.9. The third-order valence-corrected chi connectivity index (χ3v) is 31.4. The molecule has 0 radical (unpaired) electrons. The third kappa shape index (κ3) is 15.4. The van der Waals surface area contributed by atoms with Crippen molar-refractivity contribution in [1.29, 1.82) is 0 Å². The van der Waals surface area contributed by atoms with Gasteiger partial charge in [0.2, 0.25) is 0 Å². The number of thiophene rings is 4. The minimum absolute atomic E-state index is 0.483. The van der Waals surface area contributed by atoms with Crippen LogP contribution >= 0.6 is 45.3 Å². The Morgan fingerprint density at radius 1 is 0.321 bits per heavy atom. The van der Waals surface area contributed by atoms with Crippen LogP contribution in [0.5, 0.6) is 0 Å². The van der Waals surface area contributed by atoms with Crippen molar-refractivity contribution in [3.63, 3.8) is 0 Å². The second-order valence-corrected chi connectivity index (χ2v) is 39.3. The molecule has 1 atom stereocenters. The van der Waals surface area contributed by atoms with Crippen molar-refractivity contribution in [2.75, 3.05) is 7.05 Å². The van der Waals surface area contributed by atoms with Crippen LogP contribution in [0.4, 0.5) is 0 Å². The van der Waals surface area contributed by atoms with E-state index in [-0.39, 0.29) is 0 Å². The molecule has 134 heavy (non-hydrogen) atoms. The number of hydrogen-bond acceptors (Lipinski definition) is 5. The fourth-order valence-corrected chi connectivity index (χ4v) is 25.2. The first-order valence-corrected chi connectivity index (χ1v) is 49.5. The Bertz CT molecular complexity index is 9210. The molecule has 0 aliphatic heterocycles. The molecule has 7 heteroatoms. The van der Waals surface area contributed by atoms with Gasteiger partial charge in [0, 0.05) is 114 Å². The molecule has 0 amide bonds. The molecule has 641 valence electrons. The molecule has 2 nitrogen and oxygen atoms in total. The summed E-state index contributed by atoms with van der Waals surface area (Å²) < 4.78 is 16.4. The zero-order valence-electron chi connectivity index (χ0n) is 75.4. The predicted octanol–water partition coefficient (Wildman–Crippen LogP) is 39.5. The molecule has 0 saturated heterocycles. The first-order valence-electron chi connectivity index (χ1n) is 45.6. The maximum atomic E-state index is 4.22. The summed E-state index contributed by atoms with van der Waals surface area (Å²) in [5.41, 5.74) is 18.9. The zero-order valence-corrected chi connectivity index (χ0v) is 80.1. The summed E-state index contributed by atoms with van der Waals surface area (Å²) in [5, 5.41) is 34.7. The van der Waals surface area contributed by atoms with Gasteiger partial charge in [-0.15, -0.1) is 45.3 Å². The van der Waals surface area contributed by atoms with Crippen molar-refractivity contribution in [1.82, 2.24) is 4.57 Å². The van der Waals surface area contributed by atoms with Crippen LogP contribution in [-0.4, -0.2) is 11.6 Å². The van der Waals surface area contributed by atoms with E-state index in [4.69, 9.17) is 0 Å². The quantitative estimate of drug-likeness (QED) is 0.130. The van der Waals surface area contributed by atoms with E-state index in [1.54, 1.807) is 7.05 Å². The van der Waals surface area contributed by atoms with Crippen LogP contribution in [0.25, 0.3) is 252 Å². The summed E-state index contributed by atoms with van der Waals surface area (Å²) >= 11 is 9.72. The van der Waals surface area contributed by atoms with Crippen LogP contribution in [0.15, 0.2) is 413 Å². The monoisotopic (exact) mass is 1830 g/mol. The third-order valence-electron chi connectivity index (χ3n) is 26.7. The summed E-state index contributed by atoms with van der Waals surface area (Å²) in [6, 6.07) is 137. The van der Waals surface area contributed by atoms with Crippen molar-refractivity contribution >= 4 is 264 Å². The number of para-hydroxylation sites is 2. The topological polar surface area (TPSA) is 17.3 Å². The van der Waals surface area contributed by atoms with Gasteiger partial charge in [-0.1, -0.05) is 380 Å². The zero-order chi connectivity index (χ0) is 91.4. The summed E-state index contributed by atoms with van der Waals surface area (Å²) in [6.45, 7) is 28.8. The van der Waals surface area contributed by atoms with E-state index in [0.717, 1.165) is 23.1 Å². The van der Waals surface area contributed by atoms with Gasteiger partial charge < -0.3 is 4.57 Å².